The van der Waals surface area contributed by atoms with Gasteiger partial charge >= 0.3 is 0 Å². The number of anilines is 1. The molecule has 0 radical (unpaired) electrons. The number of rotatable bonds is 1. The molecule has 0 atom stereocenters. The van der Waals surface area contributed by atoms with Crippen LogP contribution in [0.5, 0.6) is 0 Å². The van der Waals surface area contributed by atoms with Crippen LogP contribution >= 0.6 is 0 Å². The van der Waals surface area contributed by atoms with Gasteiger partial charge in [-0.15, -0.1) is 0 Å². The minimum absolute atomic E-state index is 0.278. The molecular weight excluding hydrogens is 178 g/mol. The first-order chi connectivity index (χ1) is 6.77. The standard InChI is InChI=1S/C10H15N3O/c11-8-6-9(12-13-10(8)14)7-4-2-1-3-5-7/h6-7H,1-5H2,(H2,11,12)(H,13,14). The lowest BCUT2D eigenvalue weighted by Crippen LogP contribution is -2.17. The molecule has 0 saturated heterocycles. The van der Waals surface area contributed by atoms with E-state index in [0.717, 1.165) is 5.69 Å². The topological polar surface area (TPSA) is 71.8 Å². The third-order valence-electron chi connectivity index (χ3n) is 2.88. The lowest BCUT2D eigenvalue weighted by Gasteiger charge is -2.20. The van der Waals surface area contributed by atoms with Gasteiger partial charge in [-0.05, 0) is 18.9 Å². The number of nitrogens with one attached hydrogen (secondary N) is 1. The van der Waals surface area contributed by atoms with Crippen LogP contribution in [0.1, 0.15) is 43.7 Å². The van der Waals surface area contributed by atoms with E-state index < -0.39 is 0 Å². The second-order valence-corrected chi connectivity index (χ2v) is 3.91. The second kappa shape index (κ2) is 3.82. The molecule has 1 saturated carbocycles. The molecule has 0 aliphatic heterocycles. The maximum absolute atomic E-state index is 11.0. The van der Waals surface area contributed by atoms with Gasteiger partial charge in [0, 0.05) is 5.92 Å². The largest absolute Gasteiger partial charge is 0.394 e. The van der Waals surface area contributed by atoms with Crippen LogP contribution in [0, 0.1) is 0 Å². The van der Waals surface area contributed by atoms with Gasteiger partial charge in [0.1, 0.15) is 5.69 Å². The zero-order valence-corrected chi connectivity index (χ0v) is 8.12. The Morgan fingerprint density at radius 2 is 2.07 bits per heavy atom. The van der Waals surface area contributed by atoms with Crippen LogP contribution in [0.3, 0.4) is 0 Å². The maximum atomic E-state index is 11.0. The fraction of sp³-hybridized carbons (Fsp3) is 0.600. The zero-order valence-electron chi connectivity index (χ0n) is 8.12. The smallest absolute Gasteiger partial charge is 0.287 e. The molecule has 0 spiro atoms. The van der Waals surface area contributed by atoms with Crippen molar-refractivity contribution >= 4 is 5.69 Å². The number of aromatic amines is 1. The van der Waals surface area contributed by atoms with Crippen LogP contribution in [0.25, 0.3) is 0 Å². The Morgan fingerprint density at radius 1 is 1.36 bits per heavy atom. The van der Waals surface area contributed by atoms with E-state index in [1.54, 1.807) is 6.07 Å². The predicted molar refractivity (Wildman–Crippen MR) is 55.1 cm³/mol. The van der Waals surface area contributed by atoms with Gasteiger partial charge in [0.15, 0.2) is 0 Å². The van der Waals surface area contributed by atoms with Gasteiger partial charge in [-0.3, -0.25) is 4.79 Å². The molecule has 0 bridgehead atoms. The van der Waals surface area contributed by atoms with Crippen LogP contribution < -0.4 is 11.3 Å². The highest BCUT2D eigenvalue weighted by atomic mass is 16.1. The molecule has 3 N–H and O–H groups in total. The Hall–Kier alpha value is -1.32. The van der Waals surface area contributed by atoms with Crippen LogP contribution in [0.15, 0.2) is 10.9 Å². The minimum atomic E-state index is -0.287. The van der Waals surface area contributed by atoms with Gasteiger partial charge in [0.2, 0.25) is 0 Å². The summed E-state index contributed by atoms with van der Waals surface area (Å²) in [6.07, 6.45) is 6.16. The molecule has 0 unspecified atom stereocenters. The molecule has 1 heterocycles. The van der Waals surface area contributed by atoms with Crippen molar-refractivity contribution in [3.05, 3.63) is 22.1 Å². The summed E-state index contributed by atoms with van der Waals surface area (Å²) in [5, 5.41) is 6.48. The van der Waals surface area contributed by atoms with Crippen LogP contribution in [0.2, 0.25) is 0 Å². The van der Waals surface area contributed by atoms with Crippen molar-refractivity contribution in [2.75, 3.05) is 5.73 Å². The monoisotopic (exact) mass is 193 g/mol. The Morgan fingerprint density at radius 3 is 2.71 bits per heavy atom. The van der Waals surface area contributed by atoms with E-state index in [1.807, 2.05) is 0 Å². The number of H-pyrrole nitrogens is 1. The van der Waals surface area contributed by atoms with Crippen molar-refractivity contribution in [2.45, 2.75) is 38.0 Å². The SMILES string of the molecule is Nc1cc(C2CCCCC2)n[nH]c1=O. The summed E-state index contributed by atoms with van der Waals surface area (Å²) in [4.78, 5) is 11.0. The molecule has 0 aromatic carbocycles. The summed E-state index contributed by atoms with van der Waals surface area (Å²) in [6.45, 7) is 0. The van der Waals surface area contributed by atoms with Crippen molar-refractivity contribution in [2.24, 2.45) is 0 Å². The summed E-state index contributed by atoms with van der Waals surface area (Å²) >= 11 is 0. The molecule has 76 valence electrons. The molecule has 4 nitrogen and oxygen atoms in total. The van der Waals surface area contributed by atoms with Crippen molar-refractivity contribution in [3.63, 3.8) is 0 Å². The summed E-state index contributed by atoms with van der Waals surface area (Å²) < 4.78 is 0. The first kappa shape index (κ1) is 9.24. The summed E-state index contributed by atoms with van der Waals surface area (Å²) in [7, 11) is 0. The first-order valence-electron chi connectivity index (χ1n) is 5.12. The average Bonchev–Trinajstić information content (AvgIpc) is 2.23. The van der Waals surface area contributed by atoms with E-state index in [-0.39, 0.29) is 11.2 Å². The number of hydrogen-bond donors (Lipinski definition) is 2. The Balaban J connectivity index is 2.22. The molecule has 4 heteroatoms. The Bertz CT molecular complexity index is 366. The van der Waals surface area contributed by atoms with Crippen LogP contribution in [0.4, 0.5) is 5.69 Å². The van der Waals surface area contributed by atoms with E-state index in [2.05, 4.69) is 10.2 Å². The number of nitrogen functional groups attached to an aromatic ring is 1. The molecule has 1 aliphatic carbocycles. The van der Waals surface area contributed by atoms with Crippen molar-refractivity contribution < 1.29 is 0 Å². The average molecular weight is 193 g/mol. The minimum Gasteiger partial charge on any atom is -0.394 e. The summed E-state index contributed by atoms with van der Waals surface area (Å²) in [5.41, 5.74) is 6.48. The van der Waals surface area contributed by atoms with Crippen molar-refractivity contribution in [1.29, 1.82) is 0 Å². The van der Waals surface area contributed by atoms with E-state index in [0.29, 0.717) is 5.92 Å². The number of nitrogens with two attached hydrogens (primary N) is 1. The van der Waals surface area contributed by atoms with Crippen LogP contribution in [-0.4, -0.2) is 10.2 Å². The highest BCUT2D eigenvalue weighted by Crippen LogP contribution is 2.31. The van der Waals surface area contributed by atoms with Gasteiger partial charge in [-0.25, -0.2) is 5.10 Å². The zero-order chi connectivity index (χ0) is 9.97. The molecule has 1 aromatic heterocycles. The van der Waals surface area contributed by atoms with Gasteiger partial charge in [0.05, 0.1) is 5.69 Å². The highest BCUT2D eigenvalue weighted by molar-refractivity contribution is 5.35. The quantitative estimate of drug-likeness (QED) is 0.708. The molecule has 1 aromatic rings. The number of aromatic nitrogens is 2. The Kier molecular flexibility index (Phi) is 2.52. The fourth-order valence-corrected chi connectivity index (χ4v) is 2.04. The van der Waals surface area contributed by atoms with E-state index >= 15 is 0 Å². The van der Waals surface area contributed by atoms with E-state index in [9.17, 15) is 4.79 Å². The third-order valence-corrected chi connectivity index (χ3v) is 2.88. The number of nitrogens with zero attached hydrogens (tertiary/aromatic N) is 1. The fourth-order valence-electron chi connectivity index (χ4n) is 2.04. The summed E-state index contributed by atoms with van der Waals surface area (Å²) in [6, 6.07) is 1.72. The van der Waals surface area contributed by atoms with Crippen LogP contribution in [-0.2, 0) is 0 Å². The van der Waals surface area contributed by atoms with Gasteiger partial charge < -0.3 is 5.73 Å². The molecule has 2 rings (SSSR count). The molecule has 1 fully saturated rings. The van der Waals surface area contributed by atoms with Gasteiger partial charge in [-0.2, -0.15) is 5.10 Å². The second-order valence-electron chi connectivity index (χ2n) is 3.91. The highest BCUT2D eigenvalue weighted by Gasteiger charge is 2.17. The molecular formula is C10H15N3O. The summed E-state index contributed by atoms with van der Waals surface area (Å²) in [5.74, 6) is 0.489. The Labute approximate surface area is 82.5 Å². The first-order valence-corrected chi connectivity index (χ1v) is 5.12. The lowest BCUT2D eigenvalue weighted by molar-refractivity contribution is 0.434. The number of hydrogen-bond acceptors (Lipinski definition) is 3. The molecule has 14 heavy (non-hydrogen) atoms. The third kappa shape index (κ3) is 1.78. The maximum Gasteiger partial charge on any atom is 0.287 e. The molecule has 1 aliphatic rings. The lowest BCUT2D eigenvalue weighted by atomic mass is 9.87. The van der Waals surface area contributed by atoms with E-state index in [4.69, 9.17) is 5.73 Å². The van der Waals surface area contributed by atoms with Gasteiger partial charge in [0.25, 0.3) is 5.56 Å². The predicted octanol–water partition coefficient (Wildman–Crippen LogP) is 1.40. The van der Waals surface area contributed by atoms with E-state index in [1.165, 1.54) is 32.1 Å². The molecule has 0 amide bonds. The van der Waals surface area contributed by atoms with Crippen molar-refractivity contribution in [1.82, 2.24) is 10.2 Å². The normalized spacial score (nSPS) is 18.3. The van der Waals surface area contributed by atoms with Gasteiger partial charge in [-0.1, -0.05) is 19.3 Å². The van der Waals surface area contributed by atoms with Crippen molar-refractivity contribution in [3.8, 4) is 0 Å².